The molecular formula is C12H14O3. The zero-order chi connectivity index (χ0) is 10.8. The van der Waals surface area contributed by atoms with Gasteiger partial charge in [-0.2, -0.15) is 0 Å². The van der Waals surface area contributed by atoms with Crippen molar-refractivity contribution in [1.29, 1.82) is 0 Å². The lowest BCUT2D eigenvalue weighted by Gasteiger charge is -2.13. The molecule has 1 fully saturated rings. The van der Waals surface area contributed by atoms with Crippen LogP contribution in [0, 0.1) is 0 Å². The van der Waals surface area contributed by atoms with E-state index in [2.05, 4.69) is 0 Å². The molecule has 1 aliphatic rings. The molecule has 0 amide bonds. The molecule has 0 aliphatic heterocycles. The fourth-order valence-electron chi connectivity index (χ4n) is 1.86. The third kappa shape index (κ3) is 2.36. The first-order valence-corrected chi connectivity index (χ1v) is 5.17. The highest BCUT2D eigenvalue weighted by Gasteiger charge is 2.27. The SMILES string of the molecule is O=C(O)C[C@@H](O)c1ccccc1C1CC1. The van der Waals surface area contributed by atoms with E-state index < -0.39 is 12.1 Å². The van der Waals surface area contributed by atoms with Crippen LogP contribution < -0.4 is 0 Å². The third-order valence-corrected chi connectivity index (χ3v) is 2.74. The summed E-state index contributed by atoms with van der Waals surface area (Å²) in [7, 11) is 0. The molecule has 0 spiro atoms. The molecule has 1 aromatic carbocycles. The minimum atomic E-state index is -0.965. The van der Waals surface area contributed by atoms with Gasteiger partial charge in [-0.25, -0.2) is 0 Å². The molecule has 0 heterocycles. The Morgan fingerprint density at radius 2 is 2.07 bits per heavy atom. The highest BCUT2D eigenvalue weighted by molar-refractivity contribution is 5.67. The van der Waals surface area contributed by atoms with E-state index in [9.17, 15) is 9.90 Å². The number of aliphatic carboxylic acids is 1. The molecule has 1 aromatic rings. The maximum atomic E-state index is 10.5. The average molecular weight is 206 g/mol. The number of carboxylic acid groups (broad SMARTS) is 1. The average Bonchev–Trinajstić information content (AvgIpc) is 3.00. The van der Waals surface area contributed by atoms with E-state index in [-0.39, 0.29) is 6.42 Å². The topological polar surface area (TPSA) is 57.5 Å². The van der Waals surface area contributed by atoms with Crippen LogP contribution in [0.15, 0.2) is 24.3 Å². The van der Waals surface area contributed by atoms with Crippen LogP contribution in [-0.4, -0.2) is 16.2 Å². The molecule has 2 rings (SSSR count). The zero-order valence-electron chi connectivity index (χ0n) is 8.39. The zero-order valence-corrected chi connectivity index (χ0v) is 8.39. The van der Waals surface area contributed by atoms with Crippen molar-refractivity contribution < 1.29 is 15.0 Å². The summed E-state index contributed by atoms with van der Waals surface area (Å²) in [6.45, 7) is 0. The van der Waals surface area contributed by atoms with Crippen LogP contribution in [-0.2, 0) is 4.79 Å². The number of benzene rings is 1. The summed E-state index contributed by atoms with van der Waals surface area (Å²) in [5, 5.41) is 18.4. The van der Waals surface area contributed by atoms with Gasteiger partial charge in [-0.05, 0) is 29.9 Å². The predicted octanol–water partition coefficient (Wildman–Crippen LogP) is 2.07. The first-order valence-electron chi connectivity index (χ1n) is 5.17. The minimum Gasteiger partial charge on any atom is -0.481 e. The van der Waals surface area contributed by atoms with Gasteiger partial charge in [-0.3, -0.25) is 4.79 Å². The van der Waals surface area contributed by atoms with E-state index in [1.54, 1.807) is 0 Å². The fourth-order valence-corrected chi connectivity index (χ4v) is 1.86. The molecule has 1 saturated carbocycles. The first-order chi connectivity index (χ1) is 7.18. The summed E-state index contributed by atoms with van der Waals surface area (Å²) in [4.78, 5) is 10.5. The summed E-state index contributed by atoms with van der Waals surface area (Å²) in [6.07, 6.45) is 1.21. The molecule has 0 saturated heterocycles. The van der Waals surface area contributed by atoms with E-state index in [1.807, 2.05) is 24.3 Å². The lowest BCUT2D eigenvalue weighted by atomic mass is 9.97. The molecule has 0 radical (unpaired) electrons. The third-order valence-electron chi connectivity index (χ3n) is 2.74. The Kier molecular flexibility index (Phi) is 2.73. The van der Waals surface area contributed by atoms with Crippen molar-refractivity contribution in [2.45, 2.75) is 31.3 Å². The summed E-state index contributed by atoms with van der Waals surface area (Å²) < 4.78 is 0. The lowest BCUT2D eigenvalue weighted by molar-refractivity contribution is -0.139. The second kappa shape index (κ2) is 4.03. The van der Waals surface area contributed by atoms with Gasteiger partial charge in [0.2, 0.25) is 0 Å². The van der Waals surface area contributed by atoms with Crippen LogP contribution in [0.4, 0.5) is 0 Å². The van der Waals surface area contributed by atoms with Gasteiger partial charge >= 0.3 is 5.97 Å². The Morgan fingerprint density at radius 1 is 1.40 bits per heavy atom. The summed E-state index contributed by atoms with van der Waals surface area (Å²) in [5.74, 6) is -0.433. The minimum absolute atomic E-state index is 0.219. The molecular weight excluding hydrogens is 192 g/mol. The Morgan fingerprint density at radius 3 is 2.67 bits per heavy atom. The van der Waals surface area contributed by atoms with Gasteiger partial charge in [-0.15, -0.1) is 0 Å². The molecule has 80 valence electrons. The molecule has 2 N–H and O–H groups in total. The van der Waals surface area contributed by atoms with Crippen molar-refractivity contribution in [1.82, 2.24) is 0 Å². The van der Waals surface area contributed by atoms with Gasteiger partial charge in [0.1, 0.15) is 0 Å². The monoisotopic (exact) mass is 206 g/mol. The second-order valence-electron chi connectivity index (χ2n) is 4.02. The number of hydrogen-bond donors (Lipinski definition) is 2. The molecule has 1 atom stereocenters. The van der Waals surface area contributed by atoms with Gasteiger partial charge in [0.05, 0.1) is 12.5 Å². The van der Waals surface area contributed by atoms with Crippen LogP contribution in [0.3, 0.4) is 0 Å². The van der Waals surface area contributed by atoms with Crippen LogP contribution >= 0.6 is 0 Å². The normalized spacial score (nSPS) is 17.4. The smallest absolute Gasteiger partial charge is 0.306 e. The largest absolute Gasteiger partial charge is 0.481 e. The number of carbonyl (C=O) groups is 1. The van der Waals surface area contributed by atoms with Crippen LogP contribution in [0.2, 0.25) is 0 Å². The molecule has 3 heteroatoms. The maximum absolute atomic E-state index is 10.5. The van der Waals surface area contributed by atoms with E-state index in [0.29, 0.717) is 5.92 Å². The summed E-state index contributed by atoms with van der Waals surface area (Å²) in [5.41, 5.74) is 1.90. The highest BCUT2D eigenvalue weighted by atomic mass is 16.4. The second-order valence-corrected chi connectivity index (χ2v) is 4.02. The molecule has 0 unspecified atom stereocenters. The number of carboxylic acids is 1. The Labute approximate surface area is 88.4 Å². The van der Waals surface area contributed by atoms with Crippen LogP contribution in [0.25, 0.3) is 0 Å². The lowest BCUT2D eigenvalue weighted by Crippen LogP contribution is -2.07. The Balaban J connectivity index is 2.21. The molecule has 0 aromatic heterocycles. The summed E-state index contributed by atoms with van der Waals surface area (Å²) in [6, 6.07) is 7.58. The Hall–Kier alpha value is -1.35. The quantitative estimate of drug-likeness (QED) is 0.792. The maximum Gasteiger partial charge on any atom is 0.306 e. The Bertz CT molecular complexity index is 369. The van der Waals surface area contributed by atoms with E-state index in [4.69, 9.17) is 5.11 Å². The van der Waals surface area contributed by atoms with Gasteiger partial charge < -0.3 is 10.2 Å². The van der Waals surface area contributed by atoms with Gasteiger partial charge in [-0.1, -0.05) is 24.3 Å². The molecule has 1 aliphatic carbocycles. The van der Waals surface area contributed by atoms with E-state index >= 15 is 0 Å². The van der Waals surface area contributed by atoms with Crippen molar-refractivity contribution in [3.8, 4) is 0 Å². The molecule has 0 bridgehead atoms. The van der Waals surface area contributed by atoms with E-state index in [1.165, 1.54) is 0 Å². The van der Waals surface area contributed by atoms with E-state index in [0.717, 1.165) is 24.0 Å². The summed E-state index contributed by atoms with van der Waals surface area (Å²) >= 11 is 0. The molecule has 3 nitrogen and oxygen atoms in total. The van der Waals surface area contributed by atoms with Crippen molar-refractivity contribution in [2.24, 2.45) is 0 Å². The predicted molar refractivity (Wildman–Crippen MR) is 55.6 cm³/mol. The number of aliphatic hydroxyl groups excluding tert-OH is 1. The van der Waals surface area contributed by atoms with Crippen molar-refractivity contribution in [3.63, 3.8) is 0 Å². The van der Waals surface area contributed by atoms with Crippen molar-refractivity contribution in [2.75, 3.05) is 0 Å². The van der Waals surface area contributed by atoms with Crippen LogP contribution in [0.1, 0.15) is 42.4 Å². The van der Waals surface area contributed by atoms with Gasteiger partial charge in [0.25, 0.3) is 0 Å². The standard InChI is InChI=1S/C12H14O3/c13-11(7-12(14)15)10-4-2-1-3-9(10)8-5-6-8/h1-4,8,11,13H,5-7H2,(H,14,15)/t11-/m1/s1. The van der Waals surface area contributed by atoms with Crippen molar-refractivity contribution >= 4 is 5.97 Å². The van der Waals surface area contributed by atoms with Gasteiger partial charge in [0.15, 0.2) is 0 Å². The molecule has 15 heavy (non-hydrogen) atoms. The van der Waals surface area contributed by atoms with Crippen LogP contribution in [0.5, 0.6) is 0 Å². The van der Waals surface area contributed by atoms with Gasteiger partial charge in [0, 0.05) is 0 Å². The number of hydrogen-bond acceptors (Lipinski definition) is 2. The number of rotatable bonds is 4. The van der Waals surface area contributed by atoms with Crippen molar-refractivity contribution in [3.05, 3.63) is 35.4 Å². The fraction of sp³-hybridized carbons (Fsp3) is 0.417. The first kappa shape index (κ1) is 10.2. The highest BCUT2D eigenvalue weighted by Crippen LogP contribution is 2.43. The number of aliphatic hydroxyl groups is 1.